The summed E-state index contributed by atoms with van der Waals surface area (Å²) in [5.41, 5.74) is 0.647. The number of aliphatic carboxylic acids is 1. The number of carbonyl (C=O) groups excluding carboxylic acids is 1. The summed E-state index contributed by atoms with van der Waals surface area (Å²) < 4.78 is 23.8. The van der Waals surface area contributed by atoms with Crippen LogP contribution < -0.4 is 0 Å². The molecule has 24 heavy (non-hydrogen) atoms. The standard InChI is InChI=1S/C15H21N3O5S/c1-17(24(2,22)23)8-6-14(19)18-9-11(12(10-18)15(20)21)13-5-3-4-7-16-13/h3-5,7,11-12H,6,8-10H2,1-2H3,(H,20,21)/t11-,12-/m1/s1. The summed E-state index contributed by atoms with van der Waals surface area (Å²) in [4.78, 5) is 29.5. The number of likely N-dealkylation sites (tertiary alicyclic amines) is 1. The molecule has 1 aromatic heterocycles. The second-order valence-corrected chi connectivity index (χ2v) is 8.03. The maximum atomic E-state index is 12.3. The second kappa shape index (κ2) is 7.27. The van der Waals surface area contributed by atoms with E-state index in [1.54, 1.807) is 24.4 Å². The topological polar surface area (TPSA) is 108 Å². The van der Waals surface area contributed by atoms with E-state index in [1.807, 2.05) is 0 Å². The zero-order valence-corrected chi connectivity index (χ0v) is 14.4. The van der Waals surface area contributed by atoms with Crippen LogP contribution in [0.3, 0.4) is 0 Å². The lowest BCUT2D eigenvalue weighted by Gasteiger charge is -2.18. The van der Waals surface area contributed by atoms with Gasteiger partial charge in [-0.1, -0.05) is 6.07 Å². The summed E-state index contributed by atoms with van der Waals surface area (Å²) in [7, 11) is -1.94. The van der Waals surface area contributed by atoms with Crippen LogP contribution in [0.2, 0.25) is 0 Å². The highest BCUT2D eigenvalue weighted by molar-refractivity contribution is 7.88. The Balaban J connectivity index is 2.05. The molecule has 2 heterocycles. The van der Waals surface area contributed by atoms with Gasteiger partial charge in [0.1, 0.15) is 0 Å². The van der Waals surface area contributed by atoms with Crippen molar-refractivity contribution in [3.05, 3.63) is 30.1 Å². The molecule has 1 aromatic rings. The van der Waals surface area contributed by atoms with Gasteiger partial charge in [0.2, 0.25) is 15.9 Å². The molecule has 0 aliphatic carbocycles. The van der Waals surface area contributed by atoms with E-state index in [4.69, 9.17) is 0 Å². The van der Waals surface area contributed by atoms with E-state index < -0.39 is 21.9 Å². The summed E-state index contributed by atoms with van der Waals surface area (Å²) >= 11 is 0. The fourth-order valence-corrected chi connectivity index (χ4v) is 3.15. The molecule has 0 spiro atoms. The van der Waals surface area contributed by atoms with Gasteiger partial charge >= 0.3 is 5.97 Å². The molecule has 0 saturated carbocycles. The number of sulfonamides is 1. The Bertz CT molecular complexity index is 707. The van der Waals surface area contributed by atoms with E-state index in [9.17, 15) is 23.1 Å². The first-order chi connectivity index (χ1) is 11.2. The smallest absolute Gasteiger partial charge is 0.309 e. The molecule has 1 amide bonds. The fraction of sp³-hybridized carbons (Fsp3) is 0.533. The molecule has 2 atom stereocenters. The van der Waals surface area contributed by atoms with Crippen LogP contribution >= 0.6 is 0 Å². The molecule has 8 nitrogen and oxygen atoms in total. The molecular formula is C15H21N3O5S. The normalized spacial score (nSPS) is 21.2. The van der Waals surface area contributed by atoms with Crippen molar-refractivity contribution in [3.63, 3.8) is 0 Å². The van der Waals surface area contributed by atoms with E-state index in [1.165, 1.54) is 11.9 Å². The number of carbonyl (C=O) groups is 2. The van der Waals surface area contributed by atoms with E-state index >= 15 is 0 Å². The molecule has 1 saturated heterocycles. The van der Waals surface area contributed by atoms with Crippen molar-refractivity contribution in [3.8, 4) is 0 Å². The van der Waals surface area contributed by atoms with E-state index in [-0.39, 0.29) is 37.9 Å². The average Bonchev–Trinajstić information content (AvgIpc) is 2.97. The summed E-state index contributed by atoms with van der Waals surface area (Å²) in [5.74, 6) is -2.29. The zero-order valence-electron chi connectivity index (χ0n) is 13.6. The first kappa shape index (κ1) is 18.3. The molecule has 2 rings (SSSR count). The van der Waals surface area contributed by atoms with Gasteiger partial charge < -0.3 is 10.0 Å². The minimum atomic E-state index is -3.34. The van der Waals surface area contributed by atoms with Crippen molar-refractivity contribution in [2.24, 2.45) is 5.92 Å². The maximum absolute atomic E-state index is 12.3. The van der Waals surface area contributed by atoms with Crippen molar-refractivity contribution >= 4 is 21.9 Å². The van der Waals surface area contributed by atoms with Crippen LogP contribution in [0.25, 0.3) is 0 Å². The Labute approximate surface area is 141 Å². The number of carboxylic acid groups (broad SMARTS) is 1. The second-order valence-electron chi connectivity index (χ2n) is 5.94. The van der Waals surface area contributed by atoms with E-state index in [0.29, 0.717) is 5.69 Å². The maximum Gasteiger partial charge on any atom is 0.309 e. The number of pyridine rings is 1. The third-order valence-corrected chi connectivity index (χ3v) is 5.58. The molecular weight excluding hydrogens is 334 g/mol. The Morgan fingerprint density at radius 3 is 2.62 bits per heavy atom. The molecule has 0 radical (unpaired) electrons. The predicted molar refractivity (Wildman–Crippen MR) is 86.8 cm³/mol. The molecule has 1 N–H and O–H groups in total. The van der Waals surface area contributed by atoms with Gasteiger partial charge in [0.05, 0.1) is 12.2 Å². The van der Waals surface area contributed by atoms with Gasteiger partial charge in [-0.25, -0.2) is 12.7 Å². The van der Waals surface area contributed by atoms with Crippen molar-refractivity contribution < 1.29 is 23.1 Å². The Kier molecular flexibility index (Phi) is 5.55. The van der Waals surface area contributed by atoms with E-state index in [0.717, 1.165) is 10.6 Å². The quantitative estimate of drug-likeness (QED) is 0.769. The largest absolute Gasteiger partial charge is 0.481 e. The number of rotatable bonds is 6. The van der Waals surface area contributed by atoms with Crippen molar-refractivity contribution in [2.45, 2.75) is 12.3 Å². The Morgan fingerprint density at radius 1 is 1.38 bits per heavy atom. The lowest BCUT2D eigenvalue weighted by atomic mass is 9.93. The third kappa shape index (κ3) is 4.30. The lowest BCUT2D eigenvalue weighted by Crippen LogP contribution is -2.34. The average molecular weight is 355 g/mol. The molecule has 0 unspecified atom stereocenters. The molecule has 1 fully saturated rings. The van der Waals surface area contributed by atoms with Gasteiger partial charge in [0, 0.05) is 50.9 Å². The van der Waals surface area contributed by atoms with Crippen LogP contribution in [0.4, 0.5) is 0 Å². The number of amides is 1. The van der Waals surface area contributed by atoms with Crippen molar-refractivity contribution in [1.82, 2.24) is 14.2 Å². The van der Waals surface area contributed by atoms with Crippen LogP contribution in [-0.2, 0) is 19.6 Å². The van der Waals surface area contributed by atoms with Gasteiger partial charge in [-0.2, -0.15) is 0 Å². The number of hydrogen-bond acceptors (Lipinski definition) is 5. The van der Waals surface area contributed by atoms with Crippen molar-refractivity contribution in [1.29, 1.82) is 0 Å². The number of nitrogens with zero attached hydrogens (tertiary/aromatic N) is 3. The molecule has 0 bridgehead atoms. The molecule has 1 aliphatic heterocycles. The molecule has 0 aromatic carbocycles. The van der Waals surface area contributed by atoms with Crippen LogP contribution in [-0.4, -0.2) is 72.5 Å². The van der Waals surface area contributed by atoms with Crippen molar-refractivity contribution in [2.75, 3.05) is 32.9 Å². The van der Waals surface area contributed by atoms with Gasteiger partial charge in [0.25, 0.3) is 0 Å². The van der Waals surface area contributed by atoms with Crippen LogP contribution in [0.15, 0.2) is 24.4 Å². The highest BCUT2D eigenvalue weighted by atomic mass is 32.2. The van der Waals surface area contributed by atoms with Gasteiger partial charge in [-0.3, -0.25) is 14.6 Å². The number of hydrogen-bond donors (Lipinski definition) is 1. The molecule has 132 valence electrons. The predicted octanol–water partition coefficient (Wildman–Crippen LogP) is -0.0103. The number of aromatic nitrogens is 1. The van der Waals surface area contributed by atoms with Gasteiger partial charge in [-0.05, 0) is 12.1 Å². The summed E-state index contributed by atoms with van der Waals surface area (Å²) in [6.45, 7) is 0.452. The fourth-order valence-electron chi connectivity index (χ4n) is 2.73. The zero-order chi connectivity index (χ0) is 17.9. The summed E-state index contributed by atoms with van der Waals surface area (Å²) in [6, 6.07) is 5.29. The number of carboxylic acids is 1. The van der Waals surface area contributed by atoms with Gasteiger partial charge in [0.15, 0.2) is 0 Å². The lowest BCUT2D eigenvalue weighted by molar-refractivity contribution is -0.141. The Hall–Kier alpha value is -2.00. The summed E-state index contributed by atoms with van der Waals surface area (Å²) in [5, 5.41) is 9.42. The van der Waals surface area contributed by atoms with Gasteiger partial charge in [-0.15, -0.1) is 0 Å². The SMILES string of the molecule is CN(CCC(=O)N1C[C@@H](C(=O)O)[C@H](c2ccccn2)C1)S(C)(=O)=O. The molecule has 1 aliphatic rings. The Morgan fingerprint density at radius 2 is 2.08 bits per heavy atom. The first-order valence-electron chi connectivity index (χ1n) is 7.53. The summed E-state index contributed by atoms with van der Waals surface area (Å²) in [6.07, 6.45) is 2.69. The van der Waals surface area contributed by atoms with E-state index in [2.05, 4.69) is 4.98 Å². The van der Waals surface area contributed by atoms with Crippen LogP contribution in [0, 0.1) is 5.92 Å². The first-order valence-corrected chi connectivity index (χ1v) is 9.38. The minimum Gasteiger partial charge on any atom is -0.481 e. The monoisotopic (exact) mass is 355 g/mol. The third-order valence-electron chi connectivity index (χ3n) is 4.26. The van der Waals surface area contributed by atoms with Crippen LogP contribution in [0.1, 0.15) is 18.0 Å². The highest BCUT2D eigenvalue weighted by Gasteiger charge is 2.41. The molecule has 9 heteroatoms. The van der Waals surface area contributed by atoms with Crippen LogP contribution in [0.5, 0.6) is 0 Å². The minimum absolute atomic E-state index is 0.0187. The highest BCUT2D eigenvalue weighted by Crippen LogP contribution is 2.32.